The van der Waals surface area contributed by atoms with Gasteiger partial charge in [0.15, 0.2) is 6.61 Å². The van der Waals surface area contributed by atoms with Crippen LogP contribution in [0.1, 0.15) is 0 Å². The van der Waals surface area contributed by atoms with Crippen LogP contribution in [0.15, 0.2) is 36.9 Å². The minimum atomic E-state index is -0.178. The van der Waals surface area contributed by atoms with Gasteiger partial charge in [-0.2, -0.15) is 0 Å². The summed E-state index contributed by atoms with van der Waals surface area (Å²) in [6.07, 6.45) is 1.61. The van der Waals surface area contributed by atoms with Crippen LogP contribution in [-0.4, -0.2) is 26.2 Å². The maximum Gasteiger partial charge on any atom is 0.258 e. The van der Waals surface area contributed by atoms with Crippen molar-refractivity contribution in [2.75, 3.05) is 20.3 Å². The molecule has 0 saturated heterocycles. The molecule has 0 aliphatic heterocycles. The first-order valence-electron chi connectivity index (χ1n) is 4.90. The van der Waals surface area contributed by atoms with Gasteiger partial charge >= 0.3 is 0 Å². The van der Waals surface area contributed by atoms with E-state index in [1.165, 1.54) is 0 Å². The van der Waals surface area contributed by atoms with E-state index in [9.17, 15) is 4.79 Å². The summed E-state index contributed by atoms with van der Waals surface area (Å²) >= 11 is 0. The highest BCUT2D eigenvalue weighted by Gasteiger charge is 2.01. The van der Waals surface area contributed by atoms with Crippen molar-refractivity contribution < 1.29 is 14.3 Å². The fourth-order valence-corrected chi connectivity index (χ4v) is 1.08. The van der Waals surface area contributed by atoms with E-state index in [2.05, 4.69) is 11.9 Å². The molecule has 0 aromatic heterocycles. The van der Waals surface area contributed by atoms with Crippen LogP contribution in [0, 0.1) is 0 Å². The number of methoxy groups -OCH3 is 1. The van der Waals surface area contributed by atoms with Gasteiger partial charge in [-0.1, -0.05) is 12.1 Å². The number of hydrogen-bond donors (Lipinski definition) is 1. The molecule has 1 amide bonds. The van der Waals surface area contributed by atoms with E-state index < -0.39 is 0 Å². The Morgan fingerprint density at radius 3 is 2.94 bits per heavy atom. The third-order valence-corrected chi connectivity index (χ3v) is 1.85. The van der Waals surface area contributed by atoms with Gasteiger partial charge in [0.05, 0.1) is 7.11 Å². The van der Waals surface area contributed by atoms with Gasteiger partial charge in [0.2, 0.25) is 0 Å². The van der Waals surface area contributed by atoms with Gasteiger partial charge < -0.3 is 14.8 Å². The minimum absolute atomic E-state index is 0.0129. The zero-order valence-corrected chi connectivity index (χ0v) is 9.23. The van der Waals surface area contributed by atoms with Crippen molar-refractivity contribution in [3.63, 3.8) is 0 Å². The number of hydrogen-bond acceptors (Lipinski definition) is 3. The zero-order valence-electron chi connectivity index (χ0n) is 9.23. The van der Waals surface area contributed by atoms with Crippen molar-refractivity contribution in [1.82, 2.24) is 5.32 Å². The lowest BCUT2D eigenvalue weighted by Crippen LogP contribution is -2.28. The quantitative estimate of drug-likeness (QED) is 0.738. The largest absolute Gasteiger partial charge is 0.497 e. The van der Waals surface area contributed by atoms with Crippen molar-refractivity contribution in [2.45, 2.75) is 0 Å². The highest BCUT2D eigenvalue weighted by molar-refractivity contribution is 5.77. The highest BCUT2D eigenvalue weighted by atomic mass is 16.5. The smallest absolute Gasteiger partial charge is 0.258 e. The van der Waals surface area contributed by atoms with E-state index in [-0.39, 0.29) is 12.5 Å². The number of benzene rings is 1. The SMILES string of the molecule is C=CCNC(=O)COc1cccc(OC)c1. The molecule has 1 aromatic rings. The number of carbonyl (C=O) groups is 1. The molecule has 1 aromatic carbocycles. The first-order chi connectivity index (χ1) is 7.76. The van der Waals surface area contributed by atoms with Crippen LogP contribution in [0.3, 0.4) is 0 Å². The average Bonchev–Trinajstić information content (AvgIpc) is 2.34. The topological polar surface area (TPSA) is 47.6 Å². The molecule has 0 bridgehead atoms. The Labute approximate surface area is 94.9 Å². The van der Waals surface area contributed by atoms with Gasteiger partial charge in [-0.15, -0.1) is 6.58 Å². The van der Waals surface area contributed by atoms with Gasteiger partial charge in [0.25, 0.3) is 5.91 Å². The second-order valence-electron chi connectivity index (χ2n) is 3.06. The Kier molecular flexibility index (Phi) is 4.92. The molecular weight excluding hydrogens is 206 g/mol. The zero-order chi connectivity index (χ0) is 11.8. The van der Waals surface area contributed by atoms with E-state index in [4.69, 9.17) is 9.47 Å². The average molecular weight is 221 g/mol. The highest BCUT2D eigenvalue weighted by Crippen LogP contribution is 2.18. The third kappa shape index (κ3) is 4.04. The lowest BCUT2D eigenvalue weighted by Gasteiger charge is -2.07. The van der Waals surface area contributed by atoms with Crippen LogP contribution in [0.25, 0.3) is 0 Å². The Morgan fingerprint density at radius 1 is 1.50 bits per heavy atom. The molecule has 0 atom stereocenters. The molecule has 86 valence electrons. The lowest BCUT2D eigenvalue weighted by atomic mass is 10.3. The van der Waals surface area contributed by atoms with E-state index >= 15 is 0 Å². The van der Waals surface area contributed by atoms with Gasteiger partial charge in [0, 0.05) is 12.6 Å². The number of ether oxygens (including phenoxy) is 2. The minimum Gasteiger partial charge on any atom is -0.497 e. The summed E-state index contributed by atoms with van der Waals surface area (Å²) in [6, 6.07) is 7.10. The maximum absolute atomic E-state index is 11.2. The van der Waals surface area contributed by atoms with Gasteiger partial charge in [-0.25, -0.2) is 0 Å². The summed E-state index contributed by atoms with van der Waals surface area (Å²) in [7, 11) is 1.58. The van der Waals surface area contributed by atoms with Crippen LogP contribution in [0.2, 0.25) is 0 Å². The first kappa shape index (κ1) is 12.1. The van der Waals surface area contributed by atoms with Crippen molar-refractivity contribution in [3.05, 3.63) is 36.9 Å². The predicted octanol–water partition coefficient (Wildman–Crippen LogP) is 1.38. The second kappa shape index (κ2) is 6.50. The van der Waals surface area contributed by atoms with Crippen molar-refractivity contribution in [2.24, 2.45) is 0 Å². The fraction of sp³-hybridized carbons (Fsp3) is 0.250. The van der Waals surface area contributed by atoms with Gasteiger partial charge in [-0.05, 0) is 12.1 Å². The first-order valence-corrected chi connectivity index (χ1v) is 4.90. The van der Waals surface area contributed by atoms with E-state index in [0.29, 0.717) is 18.0 Å². The molecule has 1 rings (SSSR count). The Morgan fingerprint density at radius 2 is 2.25 bits per heavy atom. The van der Waals surface area contributed by atoms with E-state index in [0.717, 1.165) is 0 Å². The summed E-state index contributed by atoms with van der Waals surface area (Å²) in [5.41, 5.74) is 0. The summed E-state index contributed by atoms with van der Waals surface area (Å²) in [5.74, 6) is 1.12. The van der Waals surface area contributed by atoms with Crippen LogP contribution in [0.5, 0.6) is 11.5 Å². The van der Waals surface area contributed by atoms with Crippen molar-refractivity contribution in [3.8, 4) is 11.5 Å². The number of amides is 1. The second-order valence-corrected chi connectivity index (χ2v) is 3.06. The maximum atomic E-state index is 11.2. The Hall–Kier alpha value is -1.97. The third-order valence-electron chi connectivity index (χ3n) is 1.85. The molecule has 0 heterocycles. The molecule has 0 aliphatic carbocycles. The van der Waals surface area contributed by atoms with Gasteiger partial charge in [-0.3, -0.25) is 4.79 Å². The Bertz CT molecular complexity index is 363. The number of rotatable bonds is 6. The summed E-state index contributed by atoms with van der Waals surface area (Å²) < 4.78 is 10.3. The molecule has 16 heavy (non-hydrogen) atoms. The standard InChI is InChI=1S/C12H15NO3/c1-3-7-13-12(14)9-16-11-6-4-5-10(8-11)15-2/h3-6,8H,1,7,9H2,2H3,(H,13,14). The molecule has 4 heteroatoms. The molecule has 0 aliphatic rings. The summed E-state index contributed by atoms with van der Waals surface area (Å²) in [6.45, 7) is 3.93. The van der Waals surface area contributed by atoms with Gasteiger partial charge in [0.1, 0.15) is 11.5 Å². The molecular formula is C12H15NO3. The van der Waals surface area contributed by atoms with Crippen LogP contribution in [0.4, 0.5) is 0 Å². The molecule has 0 radical (unpaired) electrons. The molecule has 0 saturated carbocycles. The summed E-state index contributed by atoms with van der Waals surface area (Å²) in [4.78, 5) is 11.2. The molecule has 0 fully saturated rings. The van der Waals surface area contributed by atoms with Crippen LogP contribution < -0.4 is 14.8 Å². The number of carbonyl (C=O) groups excluding carboxylic acids is 1. The predicted molar refractivity (Wildman–Crippen MR) is 61.7 cm³/mol. The van der Waals surface area contributed by atoms with Crippen molar-refractivity contribution >= 4 is 5.91 Å². The number of nitrogens with one attached hydrogen (secondary N) is 1. The van der Waals surface area contributed by atoms with Crippen LogP contribution in [-0.2, 0) is 4.79 Å². The normalized spacial score (nSPS) is 9.31. The van der Waals surface area contributed by atoms with E-state index in [1.807, 2.05) is 6.07 Å². The Balaban J connectivity index is 2.41. The monoisotopic (exact) mass is 221 g/mol. The summed E-state index contributed by atoms with van der Waals surface area (Å²) in [5, 5.41) is 2.62. The lowest BCUT2D eigenvalue weighted by molar-refractivity contribution is -0.122. The molecule has 4 nitrogen and oxygen atoms in total. The van der Waals surface area contributed by atoms with Crippen molar-refractivity contribution in [1.29, 1.82) is 0 Å². The van der Waals surface area contributed by atoms with E-state index in [1.54, 1.807) is 31.4 Å². The molecule has 0 spiro atoms. The van der Waals surface area contributed by atoms with Crippen LogP contribution >= 0.6 is 0 Å². The molecule has 1 N–H and O–H groups in total. The molecule has 0 unspecified atom stereocenters. The fourth-order valence-electron chi connectivity index (χ4n) is 1.08.